The number of nitrogens with zero attached hydrogens (tertiary/aromatic N) is 4. The van der Waals surface area contributed by atoms with Crippen LogP contribution in [-0.2, 0) is 5.41 Å². The summed E-state index contributed by atoms with van der Waals surface area (Å²) < 4.78 is 0. The number of benzene rings is 5. The van der Waals surface area contributed by atoms with Gasteiger partial charge in [0.1, 0.15) is 12.1 Å². The Bertz CT molecular complexity index is 2400. The first-order chi connectivity index (χ1) is 22.2. The molecule has 0 unspecified atom stereocenters. The van der Waals surface area contributed by atoms with E-state index in [2.05, 4.69) is 119 Å². The molecule has 2 aliphatic carbocycles. The zero-order valence-electron chi connectivity index (χ0n) is 24.0. The molecule has 7 aromatic rings. The molecule has 4 heteroatoms. The van der Waals surface area contributed by atoms with Gasteiger partial charge in [0.25, 0.3) is 0 Å². The zero-order valence-corrected chi connectivity index (χ0v) is 24.0. The van der Waals surface area contributed by atoms with E-state index in [0.29, 0.717) is 11.1 Å². The van der Waals surface area contributed by atoms with Gasteiger partial charge in [0.2, 0.25) is 0 Å². The van der Waals surface area contributed by atoms with E-state index in [1.807, 2.05) is 24.3 Å². The van der Waals surface area contributed by atoms with Gasteiger partial charge in [0, 0.05) is 23.5 Å². The highest BCUT2D eigenvalue weighted by molar-refractivity contribution is 6.05. The second-order valence-electron chi connectivity index (χ2n) is 11.6. The van der Waals surface area contributed by atoms with Crippen LogP contribution in [0.4, 0.5) is 0 Å². The van der Waals surface area contributed by atoms with Crippen molar-refractivity contribution >= 4 is 10.8 Å². The lowest BCUT2D eigenvalue weighted by molar-refractivity contribution is 0.801. The van der Waals surface area contributed by atoms with Gasteiger partial charge in [-0.05, 0) is 91.7 Å². The van der Waals surface area contributed by atoms with Crippen molar-refractivity contribution in [1.29, 1.82) is 10.5 Å². The van der Waals surface area contributed by atoms with E-state index in [1.54, 1.807) is 12.4 Å². The second kappa shape index (κ2) is 9.32. The van der Waals surface area contributed by atoms with Gasteiger partial charge in [0.05, 0.1) is 27.9 Å². The molecule has 0 bridgehead atoms. The van der Waals surface area contributed by atoms with Gasteiger partial charge in [-0.1, -0.05) is 84.9 Å². The van der Waals surface area contributed by atoms with Gasteiger partial charge in [-0.15, -0.1) is 0 Å². The number of rotatable bonds is 2. The molecule has 0 aliphatic heterocycles. The minimum Gasteiger partial charge on any atom is -0.255 e. The van der Waals surface area contributed by atoms with Crippen LogP contribution in [0.15, 0.2) is 134 Å². The summed E-state index contributed by atoms with van der Waals surface area (Å²) in [5.41, 5.74) is 14.3. The smallest absolute Gasteiger partial charge is 0.101 e. The SMILES string of the molecule is N#Cc1ccc(-c2ccc3c(c2)C2(c4ccccc4-c4ccccc42)c2c-3ccc3cc(-c4ccc(C#N)cn4)ccc23)nc1. The molecular formula is C41H22N4. The van der Waals surface area contributed by atoms with Crippen LogP contribution in [0, 0.1) is 22.7 Å². The molecular weight excluding hydrogens is 548 g/mol. The number of hydrogen-bond acceptors (Lipinski definition) is 4. The monoisotopic (exact) mass is 570 g/mol. The molecule has 5 aromatic carbocycles. The maximum absolute atomic E-state index is 9.34. The topological polar surface area (TPSA) is 73.4 Å². The Labute approximate surface area is 260 Å². The summed E-state index contributed by atoms with van der Waals surface area (Å²) in [6.45, 7) is 0. The Morgan fingerprint density at radius 1 is 0.489 bits per heavy atom. The summed E-state index contributed by atoms with van der Waals surface area (Å²) in [4.78, 5) is 9.22. The van der Waals surface area contributed by atoms with Gasteiger partial charge in [0.15, 0.2) is 0 Å². The molecule has 0 N–H and O–H groups in total. The van der Waals surface area contributed by atoms with Crippen LogP contribution < -0.4 is 0 Å². The van der Waals surface area contributed by atoms with Crippen molar-refractivity contribution in [3.63, 3.8) is 0 Å². The average molecular weight is 571 g/mol. The number of nitriles is 2. The Kier molecular flexibility index (Phi) is 5.21. The lowest BCUT2D eigenvalue weighted by Gasteiger charge is -2.31. The number of hydrogen-bond donors (Lipinski definition) is 0. The molecule has 2 aromatic heterocycles. The number of fused-ring (bicyclic) bond motifs is 12. The molecule has 9 rings (SSSR count). The minimum absolute atomic E-state index is 0.520. The number of aromatic nitrogens is 2. The largest absolute Gasteiger partial charge is 0.255 e. The Hall–Kier alpha value is -6.36. The highest BCUT2D eigenvalue weighted by atomic mass is 14.7. The van der Waals surface area contributed by atoms with Crippen molar-refractivity contribution in [2.45, 2.75) is 5.41 Å². The van der Waals surface area contributed by atoms with Crippen LogP contribution >= 0.6 is 0 Å². The third-order valence-electron chi connectivity index (χ3n) is 9.44. The molecule has 0 amide bonds. The maximum Gasteiger partial charge on any atom is 0.101 e. The van der Waals surface area contributed by atoms with Crippen LogP contribution in [0.3, 0.4) is 0 Å². The van der Waals surface area contributed by atoms with Gasteiger partial charge in [-0.25, -0.2) is 0 Å². The summed E-state index contributed by atoms with van der Waals surface area (Å²) in [7, 11) is 0. The summed E-state index contributed by atoms with van der Waals surface area (Å²) in [5, 5.41) is 20.9. The molecule has 0 fully saturated rings. The highest BCUT2D eigenvalue weighted by Crippen LogP contribution is 2.64. The third kappa shape index (κ3) is 3.40. The van der Waals surface area contributed by atoms with Gasteiger partial charge in [-0.2, -0.15) is 10.5 Å². The molecule has 0 saturated carbocycles. The van der Waals surface area contributed by atoms with Crippen molar-refractivity contribution in [2.75, 3.05) is 0 Å². The van der Waals surface area contributed by atoms with E-state index in [9.17, 15) is 10.5 Å². The summed E-state index contributed by atoms with van der Waals surface area (Å²) in [5.74, 6) is 0. The normalized spacial score (nSPS) is 13.0. The van der Waals surface area contributed by atoms with Crippen LogP contribution in [0.2, 0.25) is 0 Å². The molecule has 0 atom stereocenters. The zero-order chi connectivity index (χ0) is 30.1. The first-order valence-corrected chi connectivity index (χ1v) is 14.9. The molecule has 45 heavy (non-hydrogen) atoms. The van der Waals surface area contributed by atoms with Gasteiger partial charge in [-0.3, -0.25) is 9.97 Å². The molecule has 2 heterocycles. The van der Waals surface area contributed by atoms with Crippen LogP contribution in [0.25, 0.3) is 55.5 Å². The van der Waals surface area contributed by atoms with Crippen LogP contribution in [0.5, 0.6) is 0 Å². The molecule has 4 nitrogen and oxygen atoms in total. The first-order valence-electron chi connectivity index (χ1n) is 14.9. The fourth-order valence-corrected chi connectivity index (χ4v) is 7.56. The minimum atomic E-state index is -0.520. The van der Waals surface area contributed by atoms with Crippen molar-refractivity contribution in [3.05, 3.63) is 167 Å². The van der Waals surface area contributed by atoms with Gasteiger partial charge >= 0.3 is 0 Å². The lowest BCUT2D eigenvalue weighted by Crippen LogP contribution is -2.26. The Morgan fingerprint density at radius 3 is 1.64 bits per heavy atom. The first kappa shape index (κ1) is 25.2. The van der Waals surface area contributed by atoms with Crippen molar-refractivity contribution in [2.24, 2.45) is 0 Å². The second-order valence-corrected chi connectivity index (χ2v) is 11.6. The van der Waals surface area contributed by atoms with Crippen molar-refractivity contribution < 1.29 is 0 Å². The quantitative estimate of drug-likeness (QED) is 0.208. The lowest BCUT2D eigenvalue weighted by atomic mass is 9.69. The van der Waals surface area contributed by atoms with E-state index >= 15 is 0 Å². The molecule has 1 spiro atoms. The molecule has 2 aliphatic rings. The molecule has 0 saturated heterocycles. The predicted octanol–water partition coefficient (Wildman–Crippen LogP) is 9.05. The fraction of sp³-hybridized carbons (Fsp3) is 0.0244. The van der Waals surface area contributed by atoms with Crippen LogP contribution in [0.1, 0.15) is 33.4 Å². The van der Waals surface area contributed by atoms with E-state index in [1.165, 1.54) is 49.9 Å². The Morgan fingerprint density at radius 2 is 1.04 bits per heavy atom. The van der Waals surface area contributed by atoms with Crippen molar-refractivity contribution in [3.8, 4) is 56.9 Å². The van der Waals surface area contributed by atoms with E-state index in [0.717, 1.165) is 27.9 Å². The van der Waals surface area contributed by atoms with Gasteiger partial charge < -0.3 is 0 Å². The average Bonchev–Trinajstić information content (AvgIpc) is 3.58. The van der Waals surface area contributed by atoms with E-state index in [4.69, 9.17) is 0 Å². The number of pyridine rings is 2. The standard InChI is InChI=1S/C41H22N4/c42-21-25-9-17-38(44-23-25)28-12-14-30-27(19-28)11-16-34-33-15-13-29(39-18-10-26(22-43)24-45-39)20-37(33)41(40(30)34)35-7-3-1-5-31(35)32-6-2-4-8-36(32)41/h1-20,23-24H. The predicted molar refractivity (Wildman–Crippen MR) is 176 cm³/mol. The summed E-state index contributed by atoms with van der Waals surface area (Å²) in [6, 6.07) is 47.2. The highest BCUT2D eigenvalue weighted by Gasteiger charge is 2.52. The third-order valence-corrected chi connectivity index (χ3v) is 9.44. The summed E-state index contributed by atoms with van der Waals surface area (Å²) >= 11 is 0. The van der Waals surface area contributed by atoms with E-state index < -0.39 is 5.41 Å². The maximum atomic E-state index is 9.34. The fourth-order valence-electron chi connectivity index (χ4n) is 7.56. The van der Waals surface area contributed by atoms with Crippen molar-refractivity contribution in [1.82, 2.24) is 9.97 Å². The molecule has 206 valence electrons. The molecule has 0 radical (unpaired) electrons. The Balaban J connectivity index is 1.35. The summed E-state index contributed by atoms with van der Waals surface area (Å²) in [6.07, 6.45) is 3.27. The van der Waals surface area contributed by atoms with E-state index in [-0.39, 0.29) is 0 Å². The van der Waals surface area contributed by atoms with Crippen LogP contribution in [-0.4, -0.2) is 9.97 Å².